The van der Waals surface area contributed by atoms with Crippen molar-refractivity contribution in [1.29, 1.82) is 0 Å². The molecule has 0 aromatic heterocycles. The molecule has 0 bridgehead atoms. The fraction of sp³-hybridized carbons (Fsp3) is 0.0769. The number of aryl methyl sites for hydroxylation is 2. The fourth-order valence-corrected chi connectivity index (χ4v) is 2.61. The van der Waals surface area contributed by atoms with Gasteiger partial charge in [0.1, 0.15) is 0 Å². The quantitative estimate of drug-likeness (QED) is 0.434. The van der Waals surface area contributed by atoms with E-state index >= 15 is 0 Å². The number of hydrogen-bond acceptors (Lipinski definition) is 0. The minimum absolute atomic E-state index is 1.11. The molecule has 0 saturated carbocycles. The predicted octanol–water partition coefficient (Wildman–Crippen LogP) is 7.41. The van der Waals surface area contributed by atoms with E-state index in [9.17, 15) is 0 Å². The summed E-state index contributed by atoms with van der Waals surface area (Å²) in [5, 5.41) is 0. The highest BCUT2D eigenvalue weighted by molar-refractivity contribution is 5.74. The first-order chi connectivity index (χ1) is 12.6. The van der Waals surface area contributed by atoms with Gasteiger partial charge in [-0.1, -0.05) is 121 Å². The molecule has 0 fully saturated rings. The van der Waals surface area contributed by atoms with Gasteiger partial charge in [0.2, 0.25) is 0 Å². The topological polar surface area (TPSA) is 0 Å². The Balaban J connectivity index is 0.000000187. The highest BCUT2D eigenvalue weighted by Crippen LogP contribution is 2.18. The van der Waals surface area contributed by atoms with Gasteiger partial charge in [-0.15, -0.1) is 0 Å². The third kappa shape index (κ3) is 5.75. The molecule has 0 aliphatic heterocycles. The van der Waals surface area contributed by atoms with Gasteiger partial charge in [0.15, 0.2) is 0 Å². The fourth-order valence-electron chi connectivity index (χ4n) is 2.61. The molecule has 0 aliphatic carbocycles. The van der Waals surface area contributed by atoms with Crippen LogP contribution in [0.5, 0.6) is 0 Å². The molecule has 0 atom stereocenters. The van der Waals surface area contributed by atoms with Crippen LogP contribution in [0.3, 0.4) is 0 Å². The predicted molar refractivity (Wildman–Crippen MR) is 116 cm³/mol. The summed E-state index contributed by atoms with van der Waals surface area (Å²) < 4.78 is 0. The van der Waals surface area contributed by atoms with Crippen LogP contribution in [-0.4, -0.2) is 0 Å². The molecule has 3 aromatic rings. The zero-order chi connectivity index (χ0) is 18.8. The van der Waals surface area contributed by atoms with Gasteiger partial charge >= 0.3 is 0 Å². The van der Waals surface area contributed by atoms with Gasteiger partial charge in [-0.3, -0.25) is 0 Å². The van der Waals surface area contributed by atoms with Crippen molar-refractivity contribution in [3.63, 3.8) is 0 Å². The summed E-state index contributed by atoms with van der Waals surface area (Å²) in [7, 11) is 0. The monoisotopic (exact) mass is 338 g/mol. The Hall–Kier alpha value is -3.12. The standard InChI is InChI=1S/C13H12.C13H14/c1-11-7-9-13(10-8-11)12-5-3-2-4-6-12;1-4-7-12(5-2)13-9-6-8-11(3)10-13/h2-10H,1H3;4-10H,1-2H2,3H3/b;12-7+. The van der Waals surface area contributed by atoms with Gasteiger partial charge in [0.25, 0.3) is 0 Å². The molecule has 0 N–H and O–H groups in total. The van der Waals surface area contributed by atoms with E-state index in [2.05, 4.69) is 93.7 Å². The molecular formula is C26H26. The van der Waals surface area contributed by atoms with Gasteiger partial charge in [0, 0.05) is 0 Å². The zero-order valence-electron chi connectivity index (χ0n) is 15.7. The van der Waals surface area contributed by atoms with Crippen molar-refractivity contribution in [2.45, 2.75) is 13.8 Å². The Kier molecular flexibility index (Phi) is 7.39. The average Bonchev–Trinajstić information content (AvgIpc) is 2.68. The van der Waals surface area contributed by atoms with E-state index in [1.807, 2.05) is 24.3 Å². The third-order valence-electron chi connectivity index (χ3n) is 4.03. The molecule has 0 amide bonds. The molecule has 0 heteroatoms. The molecule has 0 heterocycles. The van der Waals surface area contributed by atoms with E-state index in [0.717, 1.165) is 5.57 Å². The minimum Gasteiger partial charge on any atom is -0.0990 e. The van der Waals surface area contributed by atoms with Crippen LogP contribution in [0.1, 0.15) is 16.7 Å². The Morgan fingerprint density at radius 3 is 1.92 bits per heavy atom. The molecule has 0 saturated heterocycles. The lowest BCUT2D eigenvalue weighted by Gasteiger charge is -2.02. The zero-order valence-corrected chi connectivity index (χ0v) is 15.7. The Morgan fingerprint density at radius 1 is 0.692 bits per heavy atom. The Morgan fingerprint density at radius 2 is 1.35 bits per heavy atom. The van der Waals surface area contributed by atoms with Crippen molar-refractivity contribution >= 4 is 5.57 Å². The second kappa shape index (κ2) is 10.0. The number of benzene rings is 3. The summed E-state index contributed by atoms with van der Waals surface area (Å²) in [6, 6.07) is 27.4. The van der Waals surface area contributed by atoms with E-state index in [1.54, 1.807) is 6.08 Å². The van der Waals surface area contributed by atoms with Crippen LogP contribution in [0.4, 0.5) is 0 Å². The van der Waals surface area contributed by atoms with Crippen molar-refractivity contribution in [2.24, 2.45) is 0 Å². The van der Waals surface area contributed by atoms with Gasteiger partial charge in [-0.05, 0) is 36.1 Å². The SMILES string of the molecule is C=C/C=C(\C=C)c1cccc(C)c1.Cc1ccc(-c2ccccc2)cc1. The lowest BCUT2D eigenvalue weighted by atomic mass is 10.0. The van der Waals surface area contributed by atoms with Crippen molar-refractivity contribution in [3.05, 3.63) is 127 Å². The molecule has 0 aliphatic rings. The molecule has 0 radical (unpaired) electrons. The molecule has 3 rings (SSSR count). The molecule has 130 valence electrons. The average molecular weight is 338 g/mol. The first kappa shape index (κ1) is 19.2. The molecule has 3 aromatic carbocycles. The molecule has 0 unspecified atom stereocenters. The van der Waals surface area contributed by atoms with E-state index in [4.69, 9.17) is 0 Å². The van der Waals surface area contributed by atoms with Crippen molar-refractivity contribution in [2.75, 3.05) is 0 Å². The van der Waals surface area contributed by atoms with E-state index in [1.165, 1.54) is 27.8 Å². The van der Waals surface area contributed by atoms with Crippen LogP contribution in [0.25, 0.3) is 16.7 Å². The van der Waals surface area contributed by atoms with Crippen molar-refractivity contribution < 1.29 is 0 Å². The van der Waals surface area contributed by atoms with Crippen molar-refractivity contribution in [3.8, 4) is 11.1 Å². The molecule has 0 spiro atoms. The maximum atomic E-state index is 3.77. The van der Waals surface area contributed by atoms with Gasteiger partial charge in [0.05, 0.1) is 0 Å². The number of hydrogen-bond donors (Lipinski definition) is 0. The van der Waals surface area contributed by atoms with Crippen LogP contribution < -0.4 is 0 Å². The maximum absolute atomic E-state index is 3.77. The molecule has 0 nitrogen and oxygen atoms in total. The first-order valence-corrected chi connectivity index (χ1v) is 8.78. The number of allylic oxidation sites excluding steroid dienone is 4. The van der Waals surface area contributed by atoms with E-state index < -0.39 is 0 Å². The van der Waals surface area contributed by atoms with Gasteiger partial charge in [-0.25, -0.2) is 0 Å². The van der Waals surface area contributed by atoms with Crippen LogP contribution in [-0.2, 0) is 0 Å². The van der Waals surface area contributed by atoms with Crippen LogP contribution in [0.15, 0.2) is 110 Å². The summed E-state index contributed by atoms with van der Waals surface area (Å²) in [6.45, 7) is 11.6. The first-order valence-electron chi connectivity index (χ1n) is 8.78. The molecular weight excluding hydrogens is 312 g/mol. The minimum atomic E-state index is 1.11. The summed E-state index contributed by atoms with van der Waals surface area (Å²) >= 11 is 0. The summed E-state index contributed by atoms with van der Waals surface area (Å²) in [5.74, 6) is 0. The highest BCUT2D eigenvalue weighted by atomic mass is 14.0. The summed E-state index contributed by atoms with van der Waals surface area (Å²) in [4.78, 5) is 0. The third-order valence-corrected chi connectivity index (χ3v) is 4.03. The summed E-state index contributed by atoms with van der Waals surface area (Å²) in [5.41, 5.74) is 7.43. The van der Waals surface area contributed by atoms with Crippen LogP contribution in [0, 0.1) is 13.8 Å². The van der Waals surface area contributed by atoms with Gasteiger partial charge < -0.3 is 0 Å². The lowest BCUT2D eigenvalue weighted by molar-refractivity contribution is 1.45. The van der Waals surface area contributed by atoms with Crippen molar-refractivity contribution in [1.82, 2.24) is 0 Å². The van der Waals surface area contributed by atoms with Gasteiger partial charge in [-0.2, -0.15) is 0 Å². The van der Waals surface area contributed by atoms with Crippen LogP contribution >= 0.6 is 0 Å². The highest BCUT2D eigenvalue weighted by Gasteiger charge is 1.95. The number of rotatable bonds is 4. The van der Waals surface area contributed by atoms with Crippen LogP contribution in [0.2, 0.25) is 0 Å². The summed E-state index contributed by atoms with van der Waals surface area (Å²) in [6.07, 6.45) is 5.58. The molecule has 26 heavy (non-hydrogen) atoms. The maximum Gasteiger partial charge on any atom is -0.0182 e. The second-order valence-corrected chi connectivity index (χ2v) is 6.16. The van der Waals surface area contributed by atoms with E-state index in [-0.39, 0.29) is 0 Å². The Bertz CT molecular complexity index is 865. The largest absolute Gasteiger partial charge is 0.0990 e. The lowest BCUT2D eigenvalue weighted by Crippen LogP contribution is -1.81. The van der Waals surface area contributed by atoms with E-state index in [0.29, 0.717) is 0 Å². The smallest absolute Gasteiger partial charge is 0.0182 e. The normalized spacial score (nSPS) is 10.5. The Labute approximate surface area is 157 Å². The second-order valence-electron chi connectivity index (χ2n) is 6.16.